The molecule has 7 heteroatoms. The van der Waals surface area contributed by atoms with Crippen molar-refractivity contribution in [1.29, 1.82) is 0 Å². The van der Waals surface area contributed by atoms with Crippen molar-refractivity contribution < 1.29 is 14.3 Å². The van der Waals surface area contributed by atoms with Crippen molar-refractivity contribution in [3.63, 3.8) is 0 Å². The summed E-state index contributed by atoms with van der Waals surface area (Å²) in [5.74, 6) is -0.312. The van der Waals surface area contributed by atoms with E-state index in [1.165, 1.54) is 71.3 Å². The van der Waals surface area contributed by atoms with E-state index in [2.05, 4.69) is 17.6 Å². The van der Waals surface area contributed by atoms with Gasteiger partial charge in [0.25, 0.3) is 0 Å². The van der Waals surface area contributed by atoms with E-state index >= 15 is 0 Å². The van der Waals surface area contributed by atoms with Crippen molar-refractivity contribution in [3.05, 3.63) is 0 Å². The first-order chi connectivity index (χ1) is 13.5. The van der Waals surface area contributed by atoms with Crippen LogP contribution >= 0.6 is 12.4 Å². The number of unbranched alkanes of at least 4 members (excludes halogenated alkanes) is 11. The molecular formula is C22H46ClN3O3. The van der Waals surface area contributed by atoms with Gasteiger partial charge in [0.05, 0.1) is 19.6 Å². The van der Waals surface area contributed by atoms with E-state index < -0.39 is 0 Å². The molecule has 0 aliphatic carbocycles. The van der Waals surface area contributed by atoms with Crippen LogP contribution in [0.25, 0.3) is 0 Å². The molecule has 0 heterocycles. The molecule has 174 valence electrons. The summed E-state index contributed by atoms with van der Waals surface area (Å²) >= 11 is 0. The topological polar surface area (TPSA) is 70.7 Å². The van der Waals surface area contributed by atoms with Crippen molar-refractivity contribution in [1.82, 2.24) is 15.5 Å². The zero-order valence-electron chi connectivity index (χ0n) is 19.3. The molecule has 0 aromatic heterocycles. The standard InChI is InChI=1S/C22H45N3O3.ClH/c1-5-6-7-8-9-10-11-12-13-14-15-16-17-23-22(27)24-20(19-25(2)3)18-21(26)28-4;/h20H,5-19H2,1-4H3,(H2,23,24,27);1H/t20-;/m1./s1. The smallest absolute Gasteiger partial charge is 0.315 e. The van der Waals surface area contributed by atoms with Gasteiger partial charge in [-0.3, -0.25) is 4.79 Å². The number of urea groups is 1. The second kappa shape index (κ2) is 21.7. The highest BCUT2D eigenvalue weighted by atomic mass is 35.5. The summed E-state index contributed by atoms with van der Waals surface area (Å²) < 4.78 is 4.70. The van der Waals surface area contributed by atoms with Gasteiger partial charge in [-0.25, -0.2) is 4.79 Å². The average Bonchev–Trinajstić information content (AvgIpc) is 2.64. The highest BCUT2D eigenvalue weighted by molar-refractivity contribution is 5.85. The number of nitrogens with one attached hydrogen (secondary N) is 2. The molecule has 0 aliphatic heterocycles. The molecule has 6 nitrogen and oxygen atoms in total. The minimum atomic E-state index is -0.312. The Kier molecular flexibility index (Phi) is 22.6. The van der Waals surface area contributed by atoms with Crippen LogP contribution < -0.4 is 10.6 Å². The third-order valence-electron chi connectivity index (χ3n) is 4.88. The van der Waals surface area contributed by atoms with Crippen molar-refractivity contribution >= 4 is 24.4 Å². The Morgan fingerprint density at radius 3 is 1.79 bits per heavy atom. The minimum Gasteiger partial charge on any atom is -0.469 e. The quantitative estimate of drug-likeness (QED) is 0.237. The summed E-state index contributed by atoms with van der Waals surface area (Å²) in [5.41, 5.74) is 0. The van der Waals surface area contributed by atoms with E-state index in [4.69, 9.17) is 4.74 Å². The highest BCUT2D eigenvalue weighted by Gasteiger charge is 2.17. The van der Waals surface area contributed by atoms with Gasteiger partial charge in [0.15, 0.2) is 0 Å². The second-order valence-corrected chi connectivity index (χ2v) is 8.03. The average molecular weight is 436 g/mol. The molecule has 0 aliphatic rings. The summed E-state index contributed by atoms with van der Waals surface area (Å²) in [4.78, 5) is 25.4. The predicted octanol–water partition coefficient (Wildman–Crippen LogP) is 4.90. The van der Waals surface area contributed by atoms with Gasteiger partial charge in [0, 0.05) is 13.1 Å². The third-order valence-corrected chi connectivity index (χ3v) is 4.88. The Bertz CT molecular complexity index is 395. The maximum absolute atomic E-state index is 12.0. The first kappa shape index (κ1) is 30.2. The van der Waals surface area contributed by atoms with Gasteiger partial charge in [0.2, 0.25) is 0 Å². The fraction of sp³-hybridized carbons (Fsp3) is 0.909. The Morgan fingerprint density at radius 1 is 0.862 bits per heavy atom. The molecule has 0 spiro atoms. The summed E-state index contributed by atoms with van der Waals surface area (Å²) in [6.45, 7) is 3.53. The molecule has 0 rings (SSSR count). The molecule has 2 amide bonds. The molecular weight excluding hydrogens is 390 g/mol. The maximum Gasteiger partial charge on any atom is 0.315 e. The van der Waals surface area contributed by atoms with Crippen LogP contribution in [0.3, 0.4) is 0 Å². The third kappa shape index (κ3) is 21.5. The zero-order valence-corrected chi connectivity index (χ0v) is 20.1. The summed E-state index contributed by atoms with van der Waals surface area (Å²) in [7, 11) is 5.19. The van der Waals surface area contributed by atoms with Gasteiger partial charge in [-0.05, 0) is 20.5 Å². The number of rotatable bonds is 18. The van der Waals surface area contributed by atoms with Crippen molar-refractivity contribution in [2.45, 2.75) is 96.4 Å². The van der Waals surface area contributed by atoms with Crippen LogP contribution in [0.2, 0.25) is 0 Å². The number of amides is 2. The van der Waals surface area contributed by atoms with Crippen LogP contribution in [0, 0.1) is 0 Å². The Labute approximate surface area is 185 Å². The number of carbonyl (C=O) groups excluding carboxylic acids is 2. The lowest BCUT2D eigenvalue weighted by Gasteiger charge is -2.21. The SMILES string of the molecule is CCCCCCCCCCCCCCNC(=O)N[C@H](CC(=O)OC)CN(C)C.Cl. The Balaban J connectivity index is 0. The van der Waals surface area contributed by atoms with Gasteiger partial charge in [0.1, 0.15) is 0 Å². The van der Waals surface area contributed by atoms with Crippen molar-refractivity contribution in [3.8, 4) is 0 Å². The van der Waals surface area contributed by atoms with Crippen molar-refractivity contribution in [2.75, 3.05) is 34.3 Å². The van der Waals surface area contributed by atoms with Gasteiger partial charge in [-0.2, -0.15) is 0 Å². The number of halogens is 1. The van der Waals surface area contributed by atoms with Crippen LogP contribution in [-0.4, -0.2) is 57.2 Å². The first-order valence-corrected chi connectivity index (χ1v) is 11.3. The number of esters is 1. The number of nitrogens with zero attached hydrogens (tertiary/aromatic N) is 1. The molecule has 0 fully saturated rings. The van der Waals surface area contributed by atoms with Crippen LogP contribution in [0.4, 0.5) is 4.79 Å². The van der Waals surface area contributed by atoms with Crippen molar-refractivity contribution in [2.24, 2.45) is 0 Å². The fourth-order valence-corrected chi connectivity index (χ4v) is 3.29. The molecule has 0 unspecified atom stereocenters. The maximum atomic E-state index is 12.0. The summed E-state index contributed by atoms with van der Waals surface area (Å²) in [6.07, 6.45) is 15.8. The molecule has 0 aromatic rings. The monoisotopic (exact) mass is 435 g/mol. The van der Waals surface area contributed by atoms with Gasteiger partial charge in [-0.1, -0.05) is 77.6 Å². The number of hydrogen-bond donors (Lipinski definition) is 2. The van der Waals surface area contributed by atoms with Crippen LogP contribution in [0.5, 0.6) is 0 Å². The largest absolute Gasteiger partial charge is 0.469 e. The lowest BCUT2D eigenvalue weighted by molar-refractivity contribution is -0.141. The molecule has 0 saturated carbocycles. The molecule has 0 radical (unpaired) electrons. The number of hydrogen-bond acceptors (Lipinski definition) is 4. The van der Waals surface area contributed by atoms with Gasteiger partial charge in [-0.15, -0.1) is 12.4 Å². The Morgan fingerprint density at radius 2 is 1.34 bits per heavy atom. The van der Waals surface area contributed by atoms with E-state index in [9.17, 15) is 9.59 Å². The van der Waals surface area contributed by atoms with E-state index in [0.29, 0.717) is 13.1 Å². The Hall–Kier alpha value is -1.01. The summed E-state index contributed by atoms with van der Waals surface area (Å²) in [6, 6.07) is -0.455. The number of ether oxygens (including phenoxy) is 1. The van der Waals surface area contributed by atoms with Crippen LogP contribution in [0.15, 0.2) is 0 Å². The van der Waals surface area contributed by atoms with Gasteiger partial charge >= 0.3 is 12.0 Å². The van der Waals surface area contributed by atoms with E-state index in [1.807, 2.05) is 19.0 Å². The second-order valence-electron chi connectivity index (χ2n) is 8.03. The molecule has 1 atom stereocenters. The van der Waals surface area contributed by atoms with E-state index in [-0.39, 0.29) is 36.9 Å². The lowest BCUT2D eigenvalue weighted by Crippen LogP contribution is -2.47. The molecule has 0 bridgehead atoms. The fourth-order valence-electron chi connectivity index (χ4n) is 3.29. The number of likely N-dealkylation sites (N-methyl/N-ethyl adjacent to an activating group) is 1. The molecule has 0 saturated heterocycles. The van der Waals surface area contributed by atoms with E-state index in [1.54, 1.807) is 0 Å². The number of methoxy groups -OCH3 is 1. The van der Waals surface area contributed by atoms with Crippen LogP contribution in [-0.2, 0) is 9.53 Å². The lowest BCUT2D eigenvalue weighted by atomic mass is 10.1. The van der Waals surface area contributed by atoms with E-state index in [0.717, 1.165) is 12.8 Å². The zero-order chi connectivity index (χ0) is 21.0. The molecule has 29 heavy (non-hydrogen) atoms. The first-order valence-electron chi connectivity index (χ1n) is 11.3. The predicted molar refractivity (Wildman–Crippen MR) is 124 cm³/mol. The molecule has 2 N–H and O–H groups in total. The normalized spacial score (nSPS) is 11.6. The highest BCUT2D eigenvalue weighted by Crippen LogP contribution is 2.11. The number of carbonyl (C=O) groups is 2. The molecule has 0 aromatic carbocycles. The van der Waals surface area contributed by atoms with Gasteiger partial charge < -0.3 is 20.3 Å². The minimum absolute atomic E-state index is 0. The van der Waals surface area contributed by atoms with Crippen LogP contribution in [0.1, 0.15) is 90.4 Å². The summed E-state index contributed by atoms with van der Waals surface area (Å²) in [5, 5.41) is 5.76.